The van der Waals surface area contributed by atoms with Crippen LogP contribution in [0.4, 0.5) is 0 Å². The molecule has 4 heteroatoms. The molecule has 0 radical (unpaired) electrons. The molecule has 0 spiro atoms. The third-order valence-electron chi connectivity index (χ3n) is 7.30. The van der Waals surface area contributed by atoms with Crippen LogP contribution in [-0.4, -0.2) is 21.3 Å². The lowest BCUT2D eigenvalue weighted by Gasteiger charge is -2.07. The Morgan fingerprint density at radius 2 is 0.951 bits per heavy atom. The molecule has 4 nitrogen and oxygen atoms in total. The number of allylic oxidation sites excluding steroid dienone is 12. The van der Waals surface area contributed by atoms with E-state index in [1.54, 1.807) is 0 Å². The standard InChI is InChI=1S/C37H54O4/c1-27(2)13-8-14-28(3)15-9-16-29(4)17-10-18-30(5)19-11-20-31(6)21-12-22-32(7)23-24-33-25-34(37(40)41)26-35(38)36(33)39/h13,15,17,19,21,23,25-26,38-39H,8-12,14,16,18,20,22,24H2,1-7H3,(H,40,41)/b28-15?,29-17?,30-19?,31-21+,32-23+. The van der Waals surface area contributed by atoms with Crippen LogP contribution in [0, 0.1) is 0 Å². The summed E-state index contributed by atoms with van der Waals surface area (Å²) >= 11 is 0. The molecule has 0 bridgehead atoms. The molecular formula is C37H54O4. The van der Waals surface area contributed by atoms with E-state index in [-0.39, 0.29) is 11.3 Å². The molecule has 0 aliphatic rings. The van der Waals surface area contributed by atoms with Crippen LogP contribution in [0.3, 0.4) is 0 Å². The first-order valence-corrected chi connectivity index (χ1v) is 15.1. The van der Waals surface area contributed by atoms with E-state index in [9.17, 15) is 15.0 Å². The predicted molar refractivity (Wildman–Crippen MR) is 175 cm³/mol. The maximum absolute atomic E-state index is 11.2. The van der Waals surface area contributed by atoms with Gasteiger partial charge in [-0.25, -0.2) is 4.79 Å². The van der Waals surface area contributed by atoms with Gasteiger partial charge in [0.05, 0.1) is 5.56 Å². The Hall–Kier alpha value is -3.27. The van der Waals surface area contributed by atoms with E-state index >= 15 is 0 Å². The molecule has 41 heavy (non-hydrogen) atoms. The van der Waals surface area contributed by atoms with E-state index in [1.165, 1.54) is 39.5 Å². The molecule has 0 aliphatic heterocycles. The van der Waals surface area contributed by atoms with Crippen molar-refractivity contribution in [3.05, 3.63) is 93.2 Å². The summed E-state index contributed by atoms with van der Waals surface area (Å²) in [5.41, 5.74) is 8.77. The quantitative estimate of drug-likeness (QED) is 0.123. The summed E-state index contributed by atoms with van der Waals surface area (Å²) in [6, 6.07) is 2.48. The van der Waals surface area contributed by atoms with Crippen LogP contribution in [-0.2, 0) is 6.42 Å². The Morgan fingerprint density at radius 3 is 1.32 bits per heavy atom. The minimum atomic E-state index is -1.13. The fourth-order valence-electron chi connectivity index (χ4n) is 4.52. The van der Waals surface area contributed by atoms with E-state index in [0.29, 0.717) is 12.0 Å². The summed E-state index contributed by atoms with van der Waals surface area (Å²) < 4.78 is 0. The summed E-state index contributed by atoms with van der Waals surface area (Å²) in [5, 5.41) is 29.0. The van der Waals surface area contributed by atoms with Crippen molar-refractivity contribution in [1.29, 1.82) is 0 Å². The Kier molecular flexibility index (Phi) is 17.2. The van der Waals surface area contributed by atoms with Crippen LogP contribution in [0.25, 0.3) is 0 Å². The van der Waals surface area contributed by atoms with Gasteiger partial charge < -0.3 is 15.3 Å². The van der Waals surface area contributed by atoms with Crippen molar-refractivity contribution < 1.29 is 20.1 Å². The fourth-order valence-corrected chi connectivity index (χ4v) is 4.52. The largest absolute Gasteiger partial charge is 0.504 e. The molecule has 226 valence electrons. The van der Waals surface area contributed by atoms with Crippen LogP contribution < -0.4 is 0 Å². The number of carboxylic acid groups (broad SMARTS) is 1. The summed E-state index contributed by atoms with van der Waals surface area (Å²) in [7, 11) is 0. The van der Waals surface area contributed by atoms with Gasteiger partial charge in [-0.05, 0) is 131 Å². The van der Waals surface area contributed by atoms with Crippen molar-refractivity contribution in [1.82, 2.24) is 0 Å². The number of phenolic OH excluding ortho intramolecular Hbond substituents is 2. The Balaban J connectivity index is 2.37. The van der Waals surface area contributed by atoms with Crippen LogP contribution in [0.5, 0.6) is 11.5 Å². The minimum Gasteiger partial charge on any atom is -0.504 e. The van der Waals surface area contributed by atoms with E-state index < -0.39 is 11.7 Å². The monoisotopic (exact) mass is 562 g/mol. The second-order valence-electron chi connectivity index (χ2n) is 11.7. The average molecular weight is 563 g/mol. The van der Waals surface area contributed by atoms with Crippen molar-refractivity contribution in [2.75, 3.05) is 0 Å². The second kappa shape index (κ2) is 19.7. The Morgan fingerprint density at radius 1 is 0.585 bits per heavy atom. The zero-order valence-electron chi connectivity index (χ0n) is 26.6. The highest BCUT2D eigenvalue weighted by Crippen LogP contribution is 2.31. The molecule has 0 saturated heterocycles. The second-order valence-corrected chi connectivity index (χ2v) is 11.7. The molecule has 0 unspecified atom stereocenters. The molecule has 0 atom stereocenters. The first-order valence-electron chi connectivity index (χ1n) is 15.1. The van der Waals surface area contributed by atoms with E-state index in [0.717, 1.165) is 70.3 Å². The van der Waals surface area contributed by atoms with Crippen molar-refractivity contribution in [3.63, 3.8) is 0 Å². The van der Waals surface area contributed by atoms with Gasteiger partial charge in [-0.1, -0.05) is 69.9 Å². The maximum Gasteiger partial charge on any atom is 0.335 e. The summed E-state index contributed by atoms with van der Waals surface area (Å²) in [4.78, 5) is 11.2. The number of rotatable bonds is 18. The Bertz CT molecular complexity index is 1170. The predicted octanol–water partition coefficient (Wildman–Crippen LogP) is 10.9. The highest BCUT2D eigenvalue weighted by molar-refractivity contribution is 5.89. The number of aromatic carboxylic acids is 1. The maximum atomic E-state index is 11.2. The molecule has 0 aromatic heterocycles. The lowest BCUT2D eigenvalue weighted by Crippen LogP contribution is -1.98. The molecular weight excluding hydrogens is 508 g/mol. The highest BCUT2D eigenvalue weighted by Gasteiger charge is 2.12. The number of benzene rings is 1. The molecule has 1 aromatic rings. The van der Waals surface area contributed by atoms with Crippen LogP contribution in [0.1, 0.15) is 129 Å². The third-order valence-corrected chi connectivity index (χ3v) is 7.30. The lowest BCUT2D eigenvalue weighted by atomic mass is 10.0. The molecule has 1 aromatic carbocycles. The van der Waals surface area contributed by atoms with E-state index in [1.807, 2.05) is 13.0 Å². The van der Waals surface area contributed by atoms with Gasteiger partial charge in [0.25, 0.3) is 0 Å². The first kappa shape index (κ1) is 35.8. The minimum absolute atomic E-state index is 0.0318. The summed E-state index contributed by atoms with van der Waals surface area (Å²) in [6.45, 7) is 15.3. The van der Waals surface area contributed by atoms with Crippen molar-refractivity contribution in [3.8, 4) is 11.5 Å². The zero-order chi connectivity index (χ0) is 30.8. The van der Waals surface area contributed by atoms with Crippen LogP contribution in [0.15, 0.2) is 82.0 Å². The van der Waals surface area contributed by atoms with E-state index in [2.05, 4.69) is 71.9 Å². The smallest absolute Gasteiger partial charge is 0.335 e. The van der Waals surface area contributed by atoms with Crippen LogP contribution >= 0.6 is 0 Å². The molecule has 0 amide bonds. The van der Waals surface area contributed by atoms with Gasteiger partial charge in [-0.2, -0.15) is 0 Å². The number of carbonyl (C=O) groups is 1. The third kappa shape index (κ3) is 16.6. The summed E-state index contributed by atoms with van der Waals surface area (Å²) in [6.07, 6.45) is 24.9. The molecule has 0 aliphatic carbocycles. The zero-order valence-corrected chi connectivity index (χ0v) is 26.6. The van der Waals surface area contributed by atoms with Gasteiger partial charge >= 0.3 is 5.97 Å². The number of carboxylic acids is 1. The average Bonchev–Trinajstić information content (AvgIpc) is 2.89. The van der Waals surface area contributed by atoms with Crippen molar-refractivity contribution >= 4 is 5.97 Å². The van der Waals surface area contributed by atoms with Gasteiger partial charge in [-0.3, -0.25) is 0 Å². The van der Waals surface area contributed by atoms with Crippen molar-refractivity contribution in [2.24, 2.45) is 0 Å². The molecule has 1 rings (SSSR count). The van der Waals surface area contributed by atoms with E-state index in [4.69, 9.17) is 5.11 Å². The number of hydrogen-bond donors (Lipinski definition) is 3. The van der Waals surface area contributed by atoms with Crippen LogP contribution in [0.2, 0.25) is 0 Å². The van der Waals surface area contributed by atoms with Gasteiger partial charge in [0.15, 0.2) is 11.5 Å². The van der Waals surface area contributed by atoms with Gasteiger partial charge in [0.2, 0.25) is 0 Å². The molecule has 0 saturated carbocycles. The summed E-state index contributed by atoms with van der Waals surface area (Å²) in [5.74, 6) is -1.79. The van der Waals surface area contributed by atoms with Gasteiger partial charge in [0, 0.05) is 5.56 Å². The van der Waals surface area contributed by atoms with Crippen molar-refractivity contribution in [2.45, 2.75) is 119 Å². The lowest BCUT2D eigenvalue weighted by molar-refractivity contribution is 0.0696. The topological polar surface area (TPSA) is 77.8 Å². The molecule has 0 heterocycles. The number of hydrogen-bond acceptors (Lipinski definition) is 3. The molecule has 0 fully saturated rings. The number of aromatic hydroxyl groups is 2. The SMILES string of the molecule is CC(C)=CCCC(C)=CCCC(C)=CCCC(C)=CCC/C(C)=C/CC/C(C)=C/Cc1cc(C(=O)O)cc(O)c1O. The first-order chi connectivity index (χ1) is 19.4. The highest BCUT2D eigenvalue weighted by atomic mass is 16.4. The number of phenols is 2. The molecule has 3 N–H and O–H groups in total. The fraction of sp³-hybridized carbons (Fsp3) is 0.486. The normalized spacial score (nSPS) is 13.5. The Labute approximate surface area is 249 Å². The van der Waals surface area contributed by atoms with Gasteiger partial charge in [-0.15, -0.1) is 0 Å². The van der Waals surface area contributed by atoms with Gasteiger partial charge in [0.1, 0.15) is 0 Å².